The van der Waals surface area contributed by atoms with Crippen LogP contribution in [0.15, 0.2) is 0 Å². The molecule has 2 amide bonds. The molecule has 0 aromatic heterocycles. The number of carbonyl (C=O) groups is 3. The summed E-state index contributed by atoms with van der Waals surface area (Å²) in [7, 11) is 1.23. The van der Waals surface area contributed by atoms with Crippen LogP contribution in [0.3, 0.4) is 0 Å². The molecule has 1 N–H and O–H groups in total. The maximum Gasteiger partial charge on any atom is 0.407 e. The maximum absolute atomic E-state index is 12.3. The Morgan fingerprint density at radius 1 is 1.24 bits per heavy atom. The Morgan fingerprint density at radius 2 is 1.90 bits per heavy atom. The number of amides is 2. The van der Waals surface area contributed by atoms with E-state index in [4.69, 9.17) is 4.74 Å². The van der Waals surface area contributed by atoms with Crippen molar-refractivity contribution < 1.29 is 23.9 Å². The molecular formula is C14H24N2O5. The van der Waals surface area contributed by atoms with Gasteiger partial charge in [0.1, 0.15) is 12.6 Å². The Bertz CT molecular complexity index is 399. The zero-order valence-corrected chi connectivity index (χ0v) is 13.0. The summed E-state index contributed by atoms with van der Waals surface area (Å²) in [5.41, 5.74) is 0. The van der Waals surface area contributed by atoms with Gasteiger partial charge in [0, 0.05) is 6.04 Å². The Morgan fingerprint density at radius 3 is 2.48 bits per heavy atom. The average Bonchev–Trinajstić information content (AvgIpc) is 2.46. The predicted octanol–water partition coefficient (Wildman–Crippen LogP) is 0.921. The molecule has 0 saturated carbocycles. The third-order valence-corrected chi connectivity index (χ3v) is 3.74. The monoisotopic (exact) mass is 300 g/mol. The highest BCUT2D eigenvalue weighted by Gasteiger charge is 2.41. The lowest BCUT2D eigenvalue weighted by molar-refractivity contribution is -0.161. The van der Waals surface area contributed by atoms with E-state index in [0.717, 1.165) is 12.8 Å². The lowest BCUT2D eigenvalue weighted by Crippen LogP contribution is -2.58. The van der Waals surface area contributed by atoms with Gasteiger partial charge < -0.3 is 19.7 Å². The van der Waals surface area contributed by atoms with Crippen LogP contribution in [0, 0.1) is 5.92 Å². The third kappa shape index (κ3) is 4.34. The van der Waals surface area contributed by atoms with E-state index in [1.165, 1.54) is 12.0 Å². The van der Waals surface area contributed by atoms with E-state index < -0.39 is 12.1 Å². The Hall–Kier alpha value is -1.79. The van der Waals surface area contributed by atoms with Gasteiger partial charge in [-0.15, -0.1) is 0 Å². The predicted molar refractivity (Wildman–Crippen MR) is 75.5 cm³/mol. The first-order valence-electron chi connectivity index (χ1n) is 7.21. The van der Waals surface area contributed by atoms with Crippen molar-refractivity contribution in [1.29, 1.82) is 0 Å². The summed E-state index contributed by atoms with van der Waals surface area (Å²) in [4.78, 5) is 37.1. The summed E-state index contributed by atoms with van der Waals surface area (Å²) in [6, 6.07) is -0.664. The van der Waals surface area contributed by atoms with Gasteiger partial charge in [0.15, 0.2) is 0 Å². The lowest BCUT2D eigenvalue weighted by atomic mass is 9.87. The maximum atomic E-state index is 12.3. The van der Waals surface area contributed by atoms with Crippen molar-refractivity contribution in [3.63, 3.8) is 0 Å². The van der Waals surface area contributed by atoms with Crippen molar-refractivity contribution >= 4 is 18.0 Å². The number of ether oxygens (including phenoxy) is 2. The fourth-order valence-corrected chi connectivity index (χ4v) is 2.64. The van der Waals surface area contributed by atoms with Crippen molar-refractivity contribution in [1.82, 2.24) is 10.2 Å². The van der Waals surface area contributed by atoms with Gasteiger partial charge in [0.25, 0.3) is 0 Å². The SMILES string of the molecule is CCOC(=O)[C@@H]1[C@H](C)CC[C@H](C)N1C(=O)CNC(=O)OC. The Kier molecular flexibility index (Phi) is 6.45. The molecule has 7 heteroatoms. The molecule has 0 aliphatic carbocycles. The zero-order valence-electron chi connectivity index (χ0n) is 13.0. The number of rotatable bonds is 4. The second kappa shape index (κ2) is 7.85. The summed E-state index contributed by atoms with van der Waals surface area (Å²) in [6.07, 6.45) is 1.01. The number of nitrogens with zero attached hydrogens (tertiary/aromatic N) is 1. The molecule has 21 heavy (non-hydrogen) atoms. The molecule has 0 bridgehead atoms. The van der Waals surface area contributed by atoms with Gasteiger partial charge in [-0.25, -0.2) is 9.59 Å². The van der Waals surface area contributed by atoms with Crippen molar-refractivity contribution in [3.05, 3.63) is 0 Å². The third-order valence-electron chi connectivity index (χ3n) is 3.74. The van der Waals surface area contributed by atoms with Crippen LogP contribution in [-0.2, 0) is 19.1 Å². The van der Waals surface area contributed by atoms with Crippen LogP contribution in [-0.4, -0.2) is 55.2 Å². The minimum absolute atomic E-state index is 0.0299. The zero-order chi connectivity index (χ0) is 16.0. The first-order chi connectivity index (χ1) is 9.92. The summed E-state index contributed by atoms with van der Waals surface area (Å²) in [5, 5.41) is 2.35. The number of alkyl carbamates (subject to hydrolysis) is 1. The van der Waals surface area contributed by atoms with Crippen LogP contribution in [0.4, 0.5) is 4.79 Å². The molecular weight excluding hydrogens is 276 g/mol. The van der Waals surface area contributed by atoms with E-state index in [2.05, 4.69) is 10.1 Å². The molecule has 1 rings (SSSR count). The second-order valence-electron chi connectivity index (χ2n) is 5.25. The van der Waals surface area contributed by atoms with Crippen LogP contribution in [0.2, 0.25) is 0 Å². The molecule has 0 radical (unpaired) electrons. The number of hydrogen-bond acceptors (Lipinski definition) is 5. The quantitative estimate of drug-likeness (QED) is 0.780. The summed E-state index contributed by atoms with van der Waals surface area (Å²) in [6.45, 7) is 5.65. The van der Waals surface area contributed by atoms with Gasteiger partial charge in [0.05, 0.1) is 13.7 Å². The minimum Gasteiger partial charge on any atom is -0.464 e. The molecule has 1 fully saturated rings. The number of likely N-dealkylation sites (tertiary alicyclic amines) is 1. The van der Waals surface area contributed by atoms with Gasteiger partial charge in [-0.2, -0.15) is 0 Å². The molecule has 3 atom stereocenters. The minimum atomic E-state index is -0.672. The van der Waals surface area contributed by atoms with Crippen molar-refractivity contribution in [2.75, 3.05) is 20.3 Å². The van der Waals surface area contributed by atoms with Crippen molar-refractivity contribution in [2.24, 2.45) is 5.92 Å². The van der Waals surface area contributed by atoms with Gasteiger partial charge in [-0.3, -0.25) is 4.79 Å². The van der Waals surface area contributed by atoms with Gasteiger partial charge in [-0.05, 0) is 32.6 Å². The summed E-state index contributed by atoms with van der Waals surface area (Å²) >= 11 is 0. The molecule has 0 aromatic carbocycles. The van der Waals surface area contributed by atoms with Crippen LogP contribution in [0.25, 0.3) is 0 Å². The van der Waals surface area contributed by atoms with Gasteiger partial charge >= 0.3 is 12.1 Å². The van der Waals surface area contributed by atoms with Crippen molar-refractivity contribution in [3.8, 4) is 0 Å². The van der Waals surface area contributed by atoms with E-state index in [-0.39, 0.29) is 37.0 Å². The molecule has 0 unspecified atom stereocenters. The molecule has 1 saturated heterocycles. The fourth-order valence-electron chi connectivity index (χ4n) is 2.64. The van der Waals surface area contributed by atoms with E-state index >= 15 is 0 Å². The number of methoxy groups -OCH3 is 1. The van der Waals surface area contributed by atoms with Gasteiger partial charge in [0.2, 0.25) is 5.91 Å². The van der Waals surface area contributed by atoms with Crippen molar-refractivity contribution in [2.45, 2.75) is 45.7 Å². The summed E-state index contributed by atoms with van der Waals surface area (Å²) < 4.78 is 9.52. The topological polar surface area (TPSA) is 84.9 Å². The molecule has 1 aliphatic rings. The highest BCUT2D eigenvalue weighted by Crippen LogP contribution is 2.28. The van der Waals surface area contributed by atoms with Crippen LogP contribution < -0.4 is 5.32 Å². The van der Waals surface area contributed by atoms with E-state index in [1.54, 1.807) is 6.92 Å². The number of nitrogens with one attached hydrogen (secondary N) is 1. The van der Waals surface area contributed by atoms with Crippen LogP contribution in [0.5, 0.6) is 0 Å². The van der Waals surface area contributed by atoms with Crippen LogP contribution >= 0.6 is 0 Å². The average molecular weight is 300 g/mol. The smallest absolute Gasteiger partial charge is 0.407 e. The molecule has 0 aromatic rings. The first-order valence-corrected chi connectivity index (χ1v) is 7.21. The molecule has 7 nitrogen and oxygen atoms in total. The highest BCUT2D eigenvalue weighted by molar-refractivity contribution is 5.88. The van der Waals surface area contributed by atoms with E-state index in [0.29, 0.717) is 0 Å². The lowest BCUT2D eigenvalue weighted by Gasteiger charge is -2.42. The van der Waals surface area contributed by atoms with Crippen LogP contribution in [0.1, 0.15) is 33.6 Å². The fraction of sp³-hybridized carbons (Fsp3) is 0.786. The largest absolute Gasteiger partial charge is 0.464 e. The van der Waals surface area contributed by atoms with Gasteiger partial charge in [-0.1, -0.05) is 6.92 Å². The number of carbonyl (C=O) groups excluding carboxylic acids is 3. The Balaban J connectivity index is 2.82. The molecule has 120 valence electrons. The molecule has 1 aliphatic heterocycles. The summed E-state index contributed by atoms with van der Waals surface area (Å²) in [5.74, 6) is -0.664. The standard InChI is InChI=1S/C14H24N2O5/c1-5-21-13(18)12-9(2)6-7-10(3)16(12)11(17)8-15-14(19)20-4/h9-10,12H,5-8H2,1-4H3,(H,15,19)/t9-,10+,12+/m1/s1. The highest BCUT2D eigenvalue weighted by atomic mass is 16.5. The first kappa shape index (κ1) is 17.3. The number of piperidine rings is 1. The Labute approximate surface area is 124 Å². The molecule has 0 spiro atoms. The molecule has 1 heterocycles. The number of esters is 1. The normalized spacial score (nSPS) is 25.1. The van der Waals surface area contributed by atoms with E-state index in [9.17, 15) is 14.4 Å². The number of hydrogen-bond donors (Lipinski definition) is 1. The second-order valence-corrected chi connectivity index (χ2v) is 5.25. The van der Waals surface area contributed by atoms with E-state index in [1.807, 2.05) is 13.8 Å².